The van der Waals surface area contributed by atoms with E-state index < -0.39 is 17.7 Å². The molecule has 31 heavy (non-hydrogen) atoms. The van der Waals surface area contributed by atoms with E-state index in [2.05, 4.69) is 0 Å². The molecule has 6 heteroatoms. The first-order chi connectivity index (χ1) is 14.8. The number of aromatic hydroxyl groups is 1. The number of Topliss-reactive ketones (excluding diaryl/α,β-unsaturated/α-hetero) is 1. The van der Waals surface area contributed by atoms with E-state index in [0.717, 1.165) is 11.1 Å². The van der Waals surface area contributed by atoms with E-state index in [0.29, 0.717) is 16.1 Å². The van der Waals surface area contributed by atoms with Crippen molar-refractivity contribution in [3.63, 3.8) is 0 Å². The number of halogens is 1. The van der Waals surface area contributed by atoms with Crippen molar-refractivity contribution < 1.29 is 19.8 Å². The molecule has 1 amide bonds. The Hall–Kier alpha value is -3.57. The number of carbonyl (C=O) groups is 2. The van der Waals surface area contributed by atoms with Crippen molar-refractivity contribution in [3.8, 4) is 5.75 Å². The molecular weight excluding hydrogens is 414 g/mol. The van der Waals surface area contributed by atoms with Crippen LogP contribution >= 0.6 is 11.6 Å². The van der Waals surface area contributed by atoms with Crippen molar-refractivity contribution in [3.05, 3.63) is 99.6 Å². The second-order valence-electron chi connectivity index (χ2n) is 7.58. The first-order valence-electron chi connectivity index (χ1n) is 9.71. The number of carbonyl (C=O) groups excluding carboxylic acids is 2. The topological polar surface area (TPSA) is 77.8 Å². The number of anilines is 1. The number of phenolic OH excluding ortho intramolecular Hbond substituents is 1. The Morgan fingerprint density at radius 1 is 0.935 bits per heavy atom. The van der Waals surface area contributed by atoms with Gasteiger partial charge in [0.2, 0.25) is 0 Å². The molecule has 0 radical (unpaired) electrons. The first-order valence-corrected chi connectivity index (χ1v) is 10.1. The smallest absolute Gasteiger partial charge is 0.300 e. The molecule has 1 aliphatic heterocycles. The zero-order chi connectivity index (χ0) is 22.3. The van der Waals surface area contributed by atoms with Gasteiger partial charge in [-0.05, 0) is 61.4 Å². The van der Waals surface area contributed by atoms with Crippen LogP contribution in [-0.4, -0.2) is 21.9 Å². The van der Waals surface area contributed by atoms with Crippen LogP contribution in [0.5, 0.6) is 5.75 Å². The van der Waals surface area contributed by atoms with E-state index in [4.69, 9.17) is 11.6 Å². The maximum Gasteiger partial charge on any atom is 0.300 e. The summed E-state index contributed by atoms with van der Waals surface area (Å²) in [6, 6.07) is 17.7. The lowest BCUT2D eigenvalue weighted by molar-refractivity contribution is -0.132. The van der Waals surface area contributed by atoms with Gasteiger partial charge in [-0.1, -0.05) is 47.5 Å². The standard InChI is InChI=1S/C25H20ClNO4/c1-14-4-3-5-17(12-14)22-21(23(29)16-7-9-18(26)10-8-16)24(30)25(31)27(22)19-13-15(2)6-11-20(19)28/h3-13,22,28-29H,1-2H3/b23-21+. The van der Waals surface area contributed by atoms with Crippen LogP contribution in [0.2, 0.25) is 5.02 Å². The average Bonchev–Trinajstić information content (AvgIpc) is 3.00. The monoisotopic (exact) mass is 433 g/mol. The molecule has 0 aromatic heterocycles. The van der Waals surface area contributed by atoms with Crippen LogP contribution in [-0.2, 0) is 9.59 Å². The molecule has 5 nitrogen and oxygen atoms in total. The van der Waals surface area contributed by atoms with Crippen molar-refractivity contribution in [1.29, 1.82) is 0 Å². The molecule has 0 bridgehead atoms. The zero-order valence-electron chi connectivity index (χ0n) is 17.0. The van der Waals surface area contributed by atoms with Gasteiger partial charge in [0.15, 0.2) is 0 Å². The number of ketones is 1. The number of aryl methyl sites for hydroxylation is 2. The fraction of sp³-hybridized carbons (Fsp3) is 0.120. The fourth-order valence-electron chi connectivity index (χ4n) is 3.83. The molecule has 1 saturated heterocycles. The molecule has 1 unspecified atom stereocenters. The summed E-state index contributed by atoms with van der Waals surface area (Å²) < 4.78 is 0. The molecule has 3 aromatic rings. The fourth-order valence-corrected chi connectivity index (χ4v) is 3.95. The van der Waals surface area contributed by atoms with Crippen LogP contribution in [0.15, 0.2) is 72.3 Å². The minimum Gasteiger partial charge on any atom is -0.507 e. The average molecular weight is 434 g/mol. The third kappa shape index (κ3) is 3.68. The normalized spacial score (nSPS) is 17.9. The Labute approximate surface area is 184 Å². The van der Waals surface area contributed by atoms with Gasteiger partial charge in [-0.25, -0.2) is 0 Å². The van der Waals surface area contributed by atoms with Crippen molar-refractivity contribution in [2.24, 2.45) is 0 Å². The van der Waals surface area contributed by atoms with Crippen molar-refractivity contribution in [2.75, 3.05) is 4.90 Å². The molecule has 1 atom stereocenters. The summed E-state index contributed by atoms with van der Waals surface area (Å²) in [5.74, 6) is -2.06. The number of hydrogen-bond acceptors (Lipinski definition) is 4. The van der Waals surface area contributed by atoms with Gasteiger partial charge < -0.3 is 10.2 Å². The second kappa shape index (κ2) is 7.93. The molecule has 1 fully saturated rings. The summed E-state index contributed by atoms with van der Waals surface area (Å²) in [5.41, 5.74) is 2.94. The zero-order valence-corrected chi connectivity index (χ0v) is 17.7. The summed E-state index contributed by atoms with van der Waals surface area (Å²) in [5, 5.41) is 22.0. The van der Waals surface area contributed by atoms with Crippen LogP contribution in [0.25, 0.3) is 5.76 Å². The summed E-state index contributed by atoms with van der Waals surface area (Å²) in [4.78, 5) is 27.5. The summed E-state index contributed by atoms with van der Waals surface area (Å²) in [7, 11) is 0. The largest absolute Gasteiger partial charge is 0.507 e. The quantitative estimate of drug-likeness (QED) is 0.334. The van der Waals surface area contributed by atoms with Gasteiger partial charge in [-0.3, -0.25) is 14.5 Å². The number of nitrogens with zero attached hydrogens (tertiary/aromatic N) is 1. The maximum atomic E-state index is 13.1. The van der Waals surface area contributed by atoms with Gasteiger partial charge in [0.1, 0.15) is 11.5 Å². The summed E-state index contributed by atoms with van der Waals surface area (Å²) in [6.45, 7) is 3.73. The van der Waals surface area contributed by atoms with Crippen molar-refractivity contribution >= 4 is 34.7 Å². The van der Waals surface area contributed by atoms with Gasteiger partial charge in [0.25, 0.3) is 11.7 Å². The lowest BCUT2D eigenvalue weighted by atomic mass is 9.94. The maximum absolute atomic E-state index is 13.1. The second-order valence-corrected chi connectivity index (χ2v) is 8.02. The number of aliphatic hydroxyl groups is 1. The molecule has 3 aromatic carbocycles. The van der Waals surface area contributed by atoms with Crippen LogP contribution < -0.4 is 4.90 Å². The highest BCUT2D eigenvalue weighted by molar-refractivity contribution is 6.52. The van der Waals surface area contributed by atoms with E-state index in [-0.39, 0.29) is 22.8 Å². The predicted molar refractivity (Wildman–Crippen MR) is 120 cm³/mol. The van der Waals surface area contributed by atoms with Crippen LogP contribution in [0.1, 0.15) is 28.3 Å². The molecule has 4 rings (SSSR count). The number of amides is 1. The van der Waals surface area contributed by atoms with Crippen LogP contribution in [0.3, 0.4) is 0 Å². The Morgan fingerprint density at radius 2 is 1.61 bits per heavy atom. The van der Waals surface area contributed by atoms with E-state index >= 15 is 0 Å². The third-order valence-electron chi connectivity index (χ3n) is 5.31. The molecular formula is C25H20ClNO4. The minimum atomic E-state index is -0.900. The first kappa shape index (κ1) is 20.7. The minimum absolute atomic E-state index is 0.0428. The van der Waals surface area contributed by atoms with Crippen molar-refractivity contribution in [2.45, 2.75) is 19.9 Å². The van der Waals surface area contributed by atoms with E-state index in [1.54, 1.807) is 42.5 Å². The Bertz CT molecular complexity index is 1230. The SMILES string of the molecule is Cc1cccc(C2/C(=C(\O)c3ccc(Cl)cc3)C(=O)C(=O)N2c2cc(C)ccc2O)c1. The summed E-state index contributed by atoms with van der Waals surface area (Å²) >= 11 is 5.95. The number of rotatable bonds is 3. The highest BCUT2D eigenvalue weighted by atomic mass is 35.5. The van der Waals surface area contributed by atoms with Gasteiger partial charge in [-0.15, -0.1) is 0 Å². The number of aliphatic hydroxyl groups excluding tert-OH is 1. The highest BCUT2D eigenvalue weighted by Crippen LogP contribution is 2.45. The van der Waals surface area contributed by atoms with Crippen LogP contribution in [0, 0.1) is 13.8 Å². The van der Waals surface area contributed by atoms with E-state index in [1.807, 2.05) is 32.0 Å². The van der Waals surface area contributed by atoms with Crippen LogP contribution in [0.4, 0.5) is 5.69 Å². The Balaban J connectivity index is 1.99. The van der Waals surface area contributed by atoms with Gasteiger partial charge in [0, 0.05) is 10.6 Å². The predicted octanol–water partition coefficient (Wildman–Crippen LogP) is 5.29. The molecule has 156 valence electrons. The number of hydrogen-bond donors (Lipinski definition) is 2. The molecule has 1 heterocycles. The lowest BCUT2D eigenvalue weighted by Crippen LogP contribution is -2.29. The Kier molecular flexibility index (Phi) is 5.29. The van der Waals surface area contributed by atoms with Gasteiger partial charge >= 0.3 is 0 Å². The third-order valence-corrected chi connectivity index (χ3v) is 5.56. The van der Waals surface area contributed by atoms with Gasteiger partial charge in [0.05, 0.1) is 17.3 Å². The number of benzene rings is 3. The van der Waals surface area contributed by atoms with E-state index in [1.165, 1.54) is 11.0 Å². The molecule has 2 N–H and O–H groups in total. The molecule has 1 aliphatic rings. The van der Waals surface area contributed by atoms with Crippen molar-refractivity contribution in [1.82, 2.24) is 0 Å². The highest BCUT2D eigenvalue weighted by Gasteiger charge is 2.47. The molecule has 0 saturated carbocycles. The summed E-state index contributed by atoms with van der Waals surface area (Å²) in [6.07, 6.45) is 0. The number of phenols is 1. The van der Waals surface area contributed by atoms with Gasteiger partial charge in [-0.2, -0.15) is 0 Å². The molecule has 0 spiro atoms. The molecule has 0 aliphatic carbocycles. The lowest BCUT2D eigenvalue weighted by Gasteiger charge is -2.26. The van der Waals surface area contributed by atoms with E-state index in [9.17, 15) is 19.8 Å². The Morgan fingerprint density at radius 3 is 2.29 bits per heavy atom.